The van der Waals surface area contributed by atoms with Crippen molar-refractivity contribution in [2.24, 2.45) is 0 Å². The first-order valence-electron chi connectivity index (χ1n) is 7.74. The highest BCUT2D eigenvalue weighted by molar-refractivity contribution is 5.96. The minimum Gasteiger partial charge on any atom is -0.290 e. The minimum atomic E-state index is -1.08. The molecule has 0 aliphatic carbocycles. The fourth-order valence-electron chi connectivity index (χ4n) is 2.47. The van der Waals surface area contributed by atoms with Gasteiger partial charge in [0.1, 0.15) is 18.2 Å². The Bertz CT molecular complexity index is 982. The number of benzene rings is 2. The Labute approximate surface area is 147 Å². The topological polar surface area (TPSA) is 43.0 Å². The lowest BCUT2D eigenvalue weighted by Crippen LogP contribution is -2.36. The van der Waals surface area contributed by atoms with Gasteiger partial charge in [-0.05, 0) is 30.3 Å². The van der Waals surface area contributed by atoms with Crippen molar-refractivity contribution >= 4 is 11.6 Å². The number of carbonyl (C=O) groups is 2. The Morgan fingerprint density at radius 1 is 0.923 bits per heavy atom. The maximum Gasteiger partial charge on any atom is 0.244 e. The number of hydrogen-bond acceptors (Lipinski definition) is 2. The summed E-state index contributed by atoms with van der Waals surface area (Å²) in [5.74, 6) is -3.27. The average molecular weight is 359 g/mol. The molecule has 4 nitrogen and oxygen atoms in total. The largest absolute Gasteiger partial charge is 0.290 e. The molecule has 0 unspecified atom stereocenters. The van der Waals surface area contributed by atoms with E-state index in [4.69, 9.17) is 0 Å². The lowest BCUT2D eigenvalue weighted by atomic mass is 10.1. The van der Waals surface area contributed by atoms with Gasteiger partial charge in [-0.15, -0.1) is 0 Å². The molecule has 1 heterocycles. The van der Waals surface area contributed by atoms with Crippen molar-refractivity contribution in [2.45, 2.75) is 13.1 Å². The van der Waals surface area contributed by atoms with E-state index in [2.05, 4.69) is 0 Å². The highest BCUT2D eigenvalue weighted by Gasteiger charge is 2.16. The molecule has 0 fully saturated rings. The molecular formula is C19H14F3N2O2+. The second kappa shape index (κ2) is 7.35. The first-order valence-corrected chi connectivity index (χ1v) is 7.74. The molecular weight excluding hydrogens is 345 g/mol. The fraction of sp³-hybridized carbons (Fsp3) is 0.105. The molecule has 7 heteroatoms. The summed E-state index contributed by atoms with van der Waals surface area (Å²) in [7, 11) is 0. The summed E-state index contributed by atoms with van der Waals surface area (Å²) < 4.78 is 42.4. The first kappa shape index (κ1) is 17.6. The zero-order valence-electron chi connectivity index (χ0n) is 13.5. The van der Waals surface area contributed by atoms with Crippen LogP contribution < -0.4 is 4.57 Å². The number of rotatable bonds is 6. The second-order valence-electron chi connectivity index (χ2n) is 5.74. The Kier molecular flexibility index (Phi) is 4.97. The van der Waals surface area contributed by atoms with Crippen molar-refractivity contribution in [2.75, 3.05) is 0 Å². The van der Waals surface area contributed by atoms with E-state index in [1.54, 1.807) is 17.0 Å². The molecule has 1 aromatic heterocycles. The second-order valence-corrected chi connectivity index (χ2v) is 5.74. The highest BCUT2D eigenvalue weighted by Crippen LogP contribution is 2.10. The van der Waals surface area contributed by atoms with Crippen LogP contribution in [0.4, 0.5) is 13.2 Å². The maximum absolute atomic E-state index is 13.2. The molecule has 0 saturated heterocycles. The lowest BCUT2D eigenvalue weighted by molar-refractivity contribution is -0.682. The Balaban J connectivity index is 1.66. The van der Waals surface area contributed by atoms with E-state index >= 15 is 0 Å². The van der Waals surface area contributed by atoms with Crippen LogP contribution in [-0.4, -0.2) is 16.1 Å². The smallest absolute Gasteiger partial charge is 0.244 e. The molecule has 132 valence electrons. The summed E-state index contributed by atoms with van der Waals surface area (Å²) in [5.41, 5.74) is 0.308. The minimum absolute atomic E-state index is 0.0180. The van der Waals surface area contributed by atoms with Crippen molar-refractivity contribution in [1.82, 2.24) is 4.57 Å². The summed E-state index contributed by atoms with van der Waals surface area (Å²) in [6, 6.07) is 8.36. The van der Waals surface area contributed by atoms with Crippen LogP contribution in [0.25, 0.3) is 0 Å². The molecule has 0 radical (unpaired) electrons. The highest BCUT2D eigenvalue weighted by atomic mass is 19.2. The SMILES string of the molecule is O=C(Cn1cc[n+](CC(=O)c2cccc(F)c2)c1)c1ccc(F)c(F)c1. The van der Waals surface area contributed by atoms with Crippen LogP contribution in [0, 0.1) is 17.5 Å². The predicted molar refractivity (Wildman–Crippen MR) is 86.0 cm³/mol. The Morgan fingerprint density at radius 2 is 1.69 bits per heavy atom. The van der Waals surface area contributed by atoms with Crippen LogP contribution in [0.15, 0.2) is 61.2 Å². The van der Waals surface area contributed by atoms with Crippen molar-refractivity contribution in [3.8, 4) is 0 Å². The van der Waals surface area contributed by atoms with E-state index in [1.165, 1.54) is 35.2 Å². The number of imidazole rings is 1. The van der Waals surface area contributed by atoms with Crippen molar-refractivity contribution in [3.63, 3.8) is 0 Å². The van der Waals surface area contributed by atoms with Gasteiger partial charge in [-0.3, -0.25) is 9.59 Å². The molecule has 0 N–H and O–H groups in total. The third-order valence-corrected chi connectivity index (χ3v) is 3.79. The Morgan fingerprint density at radius 3 is 2.42 bits per heavy atom. The van der Waals surface area contributed by atoms with Gasteiger partial charge in [-0.2, -0.15) is 0 Å². The quantitative estimate of drug-likeness (QED) is 0.502. The van der Waals surface area contributed by atoms with Crippen molar-refractivity contribution < 1.29 is 27.3 Å². The number of carbonyl (C=O) groups excluding carboxylic acids is 2. The zero-order valence-corrected chi connectivity index (χ0v) is 13.5. The molecule has 0 amide bonds. The van der Waals surface area contributed by atoms with Gasteiger partial charge in [-0.1, -0.05) is 12.1 Å². The predicted octanol–water partition coefficient (Wildman–Crippen LogP) is 2.96. The third-order valence-electron chi connectivity index (χ3n) is 3.79. The number of nitrogens with zero attached hydrogens (tertiary/aromatic N) is 2. The molecule has 0 saturated carbocycles. The molecule has 0 spiro atoms. The van der Waals surface area contributed by atoms with Gasteiger partial charge in [0.2, 0.25) is 17.9 Å². The van der Waals surface area contributed by atoms with Gasteiger partial charge >= 0.3 is 0 Å². The van der Waals surface area contributed by atoms with Gasteiger partial charge in [0.05, 0.1) is 0 Å². The van der Waals surface area contributed by atoms with Crippen molar-refractivity contribution in [1.29, 1.82) is 0 Å². The summed E-state index contributed by atoms with van der Waals surface area (Å²) >= 11 is 0. The molecule has 2 aromatic carbocycles. The summed E-state index contributed by atoms with van der Waals surface area (Å²) in [6.45, 7) is -0.109. The van der Waals surface area contributed by atoms with E-state index in [9.17, 15) is 22.8 Å². The van der Waals surface area contributed by atoms with Crippen molar-refractivity contribution in [3.05, 3.63) is 89.8 Å². The van der Waals surface area contributed by atoms with E-state index in [0.717, 1.165) is 18.2 Å². The number of hydrogen-bond donors (Lipinski definition) is 0. The molecule has 26 heavy (non-hydrogen) atoms. The van der Waals surface area contributed by atoms with Crippen LogP contribution >= 0.6 is 0 Å². The normalized spacial score (nSPS) is 10.7. The van der Waals surface area contributed by atoms with Gasteiger partial charge in [0.25, 0.3) is 0 Å². The molecule has 3 rings (SSSR count). The van der Waals surface area contributed by atoms with E-state index in [-0.39, 0.29) is 30.0 Å². The molecule has 0 aliphatic rings. The van der Waals surface area contributed by atoms with E-state index in [1.807, 2.05) is 0 Å². The van der Waals surface area contributed by atoms with Gasteiger partial charge in [0.15, 0.2) is 24.7 Å². The zero-order chi connectivity index (χ0) is 18.7. The maximum atomic E-state index is 13.2. The number of Topliss-reactive ketones (excluding diaryl/α,β-unsaturated/α-hetero) is 2. The molecule has 0 aliphatic heterocycles. The number of aromatic nitrogens is 2. The summed E-state index contributed by atoms with van der Waals surface area (Å²) in [5, 5.41) is 0. The van der Waals surface area contributed by atoms with E-state index in [0.29, 0.717) is 0 Å². The summed E-state index contributed by atoms with van der Waals surface area (Å²) in [4.78, 5) is 24.3. The number of halogens is 3. The first-order chi connectivity index (χ1) is 12.4. The molecule has 3 aromatic rings. The molecule has 0 atom stereocenters. The fourth-order valence-corrected chi connectivity index (χ4v) is 2.47. The van der Waals surface area contributed by atoms with Gasteiger partial charge in [-0.25, -0.2) is 22.3 Å². The van der Waals surface area contributed by atoms with Crippen LogP contribution in [0.1, 0.15) is 20.7 Å². The third kappa shape index (κ3) is 4.05. The standard InChI is InChI=1S/C19H14F3N2O2/c20-15-3-1-2-13(8-15)18(25)10-23-6-7-24(12-23)11-19(26)14-4-5-16(21)17(22)9-14/h1-9,12H,10-11H2/q+1. The van der Waals surface area contributed by atoms with E-state index < -0.39 is 23.2 Å². The monoisotopic (exact) mass is 359 g/mol. The molecule has 0 bridgehead atoms. The van der Waals surface area contributed by atoms with Crippen LogP contribution in [-0.2, 0) is 13.1 Å². The lowest BCUT2D eigenvalue weighted by Gasteiger charge is -2.00. The van der Waals surface area contributed by atoms with Gasteiger partial charge in [0, 0.05) is 11.1 Å². The van der Waals surface area contributed by atoms with Gasteiger partial charge < -0.3 is 0 Å². The van der Waals surface area contributed by atoms with Crippen LogP contribution in [0.2, 0.25) is 0 Å². The number of ketones is 2. The van der Waals surface area contributed by atoms with Crippen LogP contribution in [0.3, 0.4) is 0 Å². The summed E-state index contributed by atoms with van der Waals surface area (Å²) in [6.07, 6.45) is 4.71. The van der Waals surface area contributed by atoms with Crippen LogP contribution in [0.5, 0.6) is 0 Å². The Hall–Kier alpha value is -3.22. The average Bonchev–Trinajstić information content (AvgIpc) is 3.04.